The third-order valence-corrected chi connectivity index (χ3v) is 2.97. The second kappa shape index (κ2) is 7.57. The SMILES string of the molecule is CC(=O)c1ccc(N(CC(=O)NCC(C)C)C(C)=O)cc1. The van der Waals surface area contributed by atoms with Gasteiger partial charge in [-0.05, 0) is 37.1 Å². The molecular weight excluding hydrogens is 268 g/mol. The van der Waals surface area contributed by atoms with E-state index in [9.17, 15) is 14.4 Å². The molecule has 0 saturated carbocycles. The van der Waals surface area contributed by atoms with Crippen molar-refractivity contribution in [1.29, 1.82) is 0 Å². The predicted octanol–water partition coefficient (Wildman–Crippen LogP) is 2.01. The topological polar surface area (TPSA) is 66.5 Å². The number of carbonyl (C=O) groups is 3. The second-order valence-corrected chi connectivity index (χ2v) is 5.41. The van der Waals surface area contributed by atoms with E-state index in [-0.39, 0.29) is 24.1 Å². The van der Waals surface area contributed by atoms with Crippen LogP contribution in [0.3, 0.4) is 0 Å². The summed E-state index contributed by atoms with van der Waals surface area (Å²) in [7, 11) is 0. The van der Waals surface area contributed by atoms with E-state index in [0.29, 0.717) is 23.7 Å². The molecule has 5 heteroatoms. The van der Waals surface area contributed by atoms with Gasteiger partial charge in [0, 0.05) is 24.7 Å². The monoisotopic (exact) mass is 290 g/mol. The Bertz CT molecular complexity index is 521. The van der Waals surface area contributed by atoms with E-state index in [1.54, 1.807) is 24.3 Å². The molecule has 0 bridgehead atoms. The first kappa shape index (κ1) is 16.9. The van der Waals surface area contributed by atoms with Crippen molar-refractivity contribution in [3.63, 3.8) is 0 Å². The van der Waals surface area contributed by atoms with Crippen molar-refractivity contribution in [2.24, 2.45) is 5.92 Å². The van der Waals surface area contributed by atoms with Gasteiger partial charge in [-0.1, -0.05) is 13.8 Å². The molecule has 0 spiro atoms. The summed E-state index contributed by atoms with van der Waals surface area (Å²) in [6, 6.07) is 6.65. The maximum absolute atomic E-state index is 11.9. The van der Waals surface area contributed by atoms with Gasteiger partial charge in [-0.2, -0.15) is 0 Å². The molecule has 1 aromatic rings. The quantitative estimate of drug-likeness (QED) is 0.815. The number of ketones is 1. The molecular formula is C16H22N2O3. The smallest absolute Gasteiger partial charge is 0.240 e. The van der Waals surface area contributed by atoms with Crippen LogP contribution in [0, 0.1) is 5.92 Å². The average Bonchev–Trinajstić information content (AvgIpc) is 2.42. The van der Waals surface area contributed by atoms with Gasteiger partial charge in [0.15, 0.2) is 5.78 Å². The Hall–Kier alpha value is -2.17. The van der Waals surface area contributed by atoms with Crippen LogP contribution in [0.4, 0.5) is 5.69 Å². The molecule has 0 aliphatic carbocycles. The molecule has 114 valence electrons. The minimum atomic E-state index is -0.217. The summed E-state index contributed by atoms with van der Waals surface area (Å²) in [6.07, 6.45) is 0. The van der Waals surface area contributed by atoms with Crippen LogP contribution >= 0.6 is 0 Å². The van der Waals surface area contributed by atoms with E-state index in [1.807, 2.05) is 13.8 Å². The lowest BCUT2D eigenvalue weighted by atomic mass is 10.1. The van der Waals surface area contributed by atoms with Gasteiger partial charge in [-0.25, -0.2) is 0 Å². The number of benzene rings is 1. The Morgan fingerprint density at radius 3 is 2.10 bits per heavy atom. The van der Waals surface area contributed by atoms with E-state index in [1.165, 1.54) is 18.7 Å². The lowest BCUT2D eigenvalue weighted by molar-refractivity contribution is -0.123. The number of hydrogen-bond acceptors (Lipinski definition) is 3. The fourth-order valence-corrected chi connectivity index (χ4v) is 1.78. The first-order chi connectivity index (χ1) is 9.81. The molecule has 21 heavy (non-hydrogen) atoms. The normalized spacial score (nSPS) is 10.3. The number of nitrogens with zero attached hydrogens (tertiary/aromatic N) is 1. The van der Waals surface area contributed by atoms with Crippen molar-refractivity contribution in [1.82, 2.24) is 5.32 Å². The van der Waals surface area contributed by atoms with Crippen LogP contribution in [-0.2, 0) is 9.59 Å². The number of rotatable bonds is 6. The van der Waals surface area contributed by atoms with Crippen molar-refractivity contribution in [2.75, 3.05) is 18.0 Å². The summed E-state index contributed by atoms with van der Waals surface area (Å²) >= 11 is 0. The van der Waals surface area contributed by atoms with E-state index in [4.69, 9.17) is 0 Å². The molecule has 0 fully saturated rings. The van der Waals surface area contributed by atoms with Gasteiger partial charge < -0.3 is 10.2 Å². The van der Waals surface area contributed by atoms with Gasteiger partial charge in [0.2, 0.25) is 11.8 Å². The van der Waals surface area contributed by atoms with E-state index in [2.05, 4.69) is 5.32 Å². The number of anilines is 1. The molecule has 0 aromatic heterocycles. The van der Waals surface area contributed by atoms with E-state index < -0.39 is 0 Å². The molecule has 2 amide bonds. The summed E-state index contributed by atoms with van der Waals surface area (Å²) < 4.78 is 0. The lowest BCUT2D eigenvalue weighted by Crippen LogP contribution is -2.40. The average molecular weight is 290 g/mol. The molecule has 5 nitrogen and oxygen atoms in total. The largest absolute Gasteiger partial charge is 0.354 e. The summed E-state index contributed by atoms with van der Waals surface area (Å²) in [6.45, 7) is 7.45. The Kier molecular flexibility index (Phi) is 6.09. The first-order valence-corrected chi connectivity index (χ1v) is 6.97. The second-order valence-electron chi connectivity index (χ2n) is 5.41. The molecule has 1 N–H and O–H groups in total. The summed E-state index contributed by atoms with van der Waals surface area (Å²) in [4.78, 5) is 36.2. The zero-order valence-corrected chi connectivity index (χ0v) is 13.0. The highest BCUT2D eigenvalue weighted by molar-refractivity contribution is 5.98. The van der Waals surface area contributed by atoms with Gasteiger partial charge in [0.05, 0.1) is 0 Å². The van der Waals surface area contributed by atoms with Gasteiger partial charge >= 0.3 is 0 Å². The number of hydrogen-bond donors (Lipinski definition) is 1. The minimum Gasteiger partial charge on any atom is -0.354 e. The Labute approximate surface area is 125 Å². The fraction of sp³-hybridized carbons (Fsp3) is 0.438. The number of carbonyl (C=O) groups excluding carboxylic acids is 3. The van der Waals surface area contributed by atoms with Crippen LogP contribution in [0.2, 0.25) is 0 Å². The van der Waals surface area contributed by atoms with Crippen molar-refractivity contribution in [3.8, 4) is 0 Å². The minimum absolute atomic E-state index is 0.0263. The maximum atomic E-state index is 11.9. The summed E-state index contributed by atoms with van der Waals surface area (Å²) in [5, 5.41) is 2.78. The van der Waals surface area contributed by atoms with Crippen LogP contribution in [0.5, 0.6) is 0 Å². The Balaban J connectivity index is 2.79. The molecule has 0 atom stereocenters. The molecule has 0 aliphatic heterocycles. The number of Topliss-reactive ketones (excluding diaryl/α,β-unsaturated/α-hetero) is 1. The molecule has 1 aromatic carbocycles. The Morgan fingerprint density at radius 2 is 1.67 bits per heavy atom. The van der Waals surface area contributed by atoms with Crippen LogP contribution < -0.4 is 10.2 Å². The van der Waals surface area contributed by atoms with Crippen molar-refractivity contribution in [2.45, 2.75) is 27.7 Å². The zero-order chi connectivity index (χ0) is 16.0. The third kappa shape index (κ3) is 5.38. The van der Waals surface area contributed by atoms with Crippen LogP contribution in [0.25, 0.3) is 0 Å². The fourth-order valence-electron chi connectivity index (χ4n) is 1.78. The first-order valence-electron chi connectivity index (χ1n) is 6.97. The van der Waals surface area contributed by atoms with Crippen LogP contribution in [0.1, 0.15) is 38.1 Å². The van der Waals surface area contributed by atoms with Gasteiger partial charge in [0.25, 0.3) is 0 Å². The molecule has 0 unspecified atom stereocenters. The number of amides is 2. The van der Waals surface area contributed by atoms with Crippen molar-refractivity contribution < 1.29 is 14.4 Å². The van der Waals surface area contributed by atoms with Crippen LogP contribution in [-0.4, -0.2) is 30.7 Å². The summed E-state index contributed by atoms with van der Waals surface area (Å²) in [5.74, 6) is -0.0972. The van der Waals surface area contributed by atoms with Gasteiger partial charge in [-0.3, -0.25) is 14.4 Å². The molecule has 0 radical (unpaired) electrons. The highest BCUT2D eigenvalue weighted by atomic mass is 16.2. The van der Waals surface area contributed by atoms with E-state index in [0.717, 1.165) is 0 Å². The lowest BCUT2D eigenvalue weighted by Gasteiger charge is -2.21. The Morgan fingerprint density at radius 1 is 1.10 bits per heavy atom. The maximum Gasteiger partial charge on any atom is 0.240 e. The predicted molar refractivity (Wildman–Crippen MR) is 82.3 cm³/mol. The highest BCUT2D eigenvalue weighted by Crippen LogP contribution is 2.15. The molecule has 1 rings (SSSR count). The van der Waals surface area contributed by atoms with Crippen molar-refractivity contribution in [3.05, 3.63) is 29.8 Å². The highest BCUT2D eigenvalue weighted by Gasteiger charge is 2.16. The van der Waals surface area contributed by atoms with Crippen molar-refractivity contribution >= 4 is 23.3 Å². The third-order valence-electron chi connectivity index (χ3n) is 2.97. The van der Waals surface area contributed by atoms with Gasteiger partial charge in [-0.15, -0.1) is 0 Å². The molecule has 0 heterocycles. The molecule has 0 aliphatic rings. The standard InChI is InChI=1S/C16H22N2O3/c1-11(2)9-17-16(21)10-18(13(4)20)15-7-5-14(6-8-15)12(3)19/h5-8,11H,9-10H2,1-4H3,(H,17,21). The summed E-state index contributed by atoms with van der Waals surface area (Å²) in [5.41, 5.74) is 1.18. The van der Waals surface area contributed by atoms with Crippen LogP contribution in [0.15, 0.2) is 24.3 Å². The molecule has 0 saturated heterocycles. The zero-order valence-electron chi connectivity index (χ0n) is 13.0. The number of nitrogens with one attached hydrogen (secondary N) is 1. The van der Waals surface area contributed by atoms with E-state index >= 15 is 0 Å². The van der Waals surface area contributed by atoms with Gasteiger partial charge in [0.1, 0.15) is 6.54 Å².